The predicted octanol–water partition coefficient (Wildman–Crippen LogP) is 3.34. The van der Waals surface area contributed by atoms with E-state index in [1.165, 1.54) is 21.7 Å². The summed E-state index contributed by atoms with van der Waals surface area (Å²) in [5, 5.41) is 0. The Hall–Kier alpha value is -0.380. The zero-order valence-electron chi connectivity index (χ0n) is 11.8. The summed E-state index contributed by atoms with van der Waals surface area (Å²) in [5.74, 6) is 0.751. The van der Waals surface area contributed by atoms with E-state index in [1.54, 1.807) is 0 Å². The van der Waals surface area contributed by atoms with Crippen LogP contribution in [0.25, 0.3) is 0 Å². The number of thiophene rings is 1. The predicted molar refractivity (Wildman–Crippen MR) is 77.7 cm³/mol. The molecule has 2 nitrogen and oxygen atoms in total. The number of hydrogen-bond donors (Lipinski definition) is 1. The van der Waals surface area contributed by atoms with Crippen molar-refractivity contribution < 1.29 is 0 Å². The molecule has 98 valence electrons. The first-order chi connectivity index (χ1) is 7.95. The Balaban J connectivity index is 2.73. The maximum Gasteiger partial charge on any atom is 0.0478 e. The lowest BCUT2D eigenvalue weighted by molar-refractivity contribution is 0.236. The second-order valence-electron chi connectivity index (χ2n) is 5.28. The third-order valence-electron chi connectivity index (χ3n) is 3.25. The minimum atomic E-state index is 0.374. The zero-order chi connectivity index (χ0) is 13.0. The van der Waals surface area contributed by atoms with Crippen LogP contribution in [0, 0.1) is 19.8 Å². The van der Waals surface area contributed by atoms with Crippen LogP contribution in [-0.2, 0) is 0 Å². The summed E-state index contributed by atoms with van der Waals surface area (Å²) in [6.45, 7) is 10.7. The number of hydrogen-bond acceptors (Lipinski definition) is 3. The Labute approximate surface area is 110 Å². The lowest BCUT2D eigenvalue weighted by Gasteiger charge is -2.27. The van der Waals surface area contributed by atoms with E-state index in [4.69, 9.17) is 5.73 Å². The molecule has 1 atom stereocenters. The molecule has 0 aliphatic carbocycles. The van der Waals surface area contributed by atoms with E-state index < -0.39 is 0 Å². The normalized spacial score (nSPS) is 13.6. The lowest BCUT2D eigenvalue weighted by atomic mass is 10.0. The highest BCUT2D eigenvalue weighted by molar-refractivity contribution is 7.12. The van der Waals surface area contributed by atoms with Gasteiger partial charge in [-0.05, 0) is 51.4 Å². The minimum absolute atomic E-state index is 0.374. The van der Waals surface area contributed by atoms with Gasteiger partial charge in [-0.15, -0.1) is 11.3 Å². The van der Waals surface area contributed by atoms with Gasteiger partial charge in [-0.2, -0.15) is 0 Å². The van der Waals surface area contributed by atoms with Crippen LogP contribution in [0.4, 0.5) is 0 Å². The third kappa shape index (κ3) is 4.09. The fourth-order valence-electron chi connectivity index (χ4n) is 2.14. The van der Waals surface area contributed by atoms with Gasteiger partial charge >= 0.3 is 0 Å². The van der Waals surface area contributed by atoms with Gasteiger partial charge in [0.1, 0.15) is 0 Å². The third-order valence-corrected chi connectivity index (χ3v) is 4.23. The zero-order valence-corrected chi connectivity index (χ0v) is 12.6. The van der Waals surface area contributed by atoms with Crippen molar-refractivity contribution in [3.63, 3.8) is 0 Å². The molecule has 1 unspecified atom stereocenters. The number of aryl methyl sites for hydroxylation is 2. The number of nitrogens with zero attached hydrogens (tertiary/aromatic N) is 1. The van der Waals surface area contributed by atoms with Gasteiger partial charge in [0.05, 0.1) is 0 Å². The van der Waals surface area contributed by atoms with Gasteiger partial charge in [-0.3, -0.25) is 4.90 Å². The number of likely N-dealkylation sites (N-methyl/N-ethyl adjacent to an activating group) is 1. The number of nitrogens with two attached hydrogens (primary N) is 1. The van der Waals surface area contributed by atoms with E-state index in [2.05, 4.69) is 45.7 Å². The van der Waals surface area contributed by atoms with Gasteiger partial charge < -0.3 is 5.73 Å². The maximum atomic E-state index is 5.95. The molecule has 3 heteroatoms. The molecule has 0 aliphatic heterocycles. The molecule has 0 spiro atoms. The standard InChI is InChI=1S/C14H26N2S/c1-10(2)6-7-16(5)14(9-15)13-8-11(3)17-12(13)4/h8,10,14H,6-7,9,15H2,1-5H3. The second-order valence-corrected chi connectivity index (χ2v) is 6.74. The van der Waals surface area contributed by atoms with Crippen LogP contribution < -0.4 is 5.73 Å². The fraction of sp³-hybridized carbons (Fsp3) is 0.714. The summed E-state index contributed by atoms with van der Waals surface area (Å²) in [5.41, 5.74) is 7.37. The first-order valence-electron chi connectivity index (χ1n) is 6.43. The van der Waals surface area contributed by atoms with E-state index in [1.807, 2.05) is 11.3 Å². The average molecular weight is 254 g/mol. The van der Waals surface area contributed by atoms with Crippen LogP contribution in [0.3, 0.4) is 0 Å². The van der Waals surface area contributed by atoms with Gasteiger partial charge in [0, 0.05) is 22.3 Å². The van der Waals surface area contributed by atoms with E-state index >= 15 is 0 Å². The van der Waals surface area contributed by atoms with Crippen LogP contribution in [0.5, 0.6) is 0 Å². The van der Waals surface area contributed by atoms with Crippen molar-refractivity contribution in [2.45, 2.75) is 40.2 Å². The van der Waals surface area contributed by atoms with Gasteiger partial charge in [0.2, 0.25) is 0 Å². The first-order valence-corrected chi connectivity index (χ1v) is 7.24. The Morgan fingerprint density at radius 2 is 2.00 bits per heavy atom. The minimum Gasteiger partial charge on any atom is -0.329 e. The maximum absolute atomic E-state index is 5.95. The van der Waals surface area contributed by atoms with Gasteiger partial charge in [-0.25, -0.2) is 0 Å². The van der Waals surface area contributed by atoms with Crippen molar-refractivity contribution >= 4 is 11.3 Å². The highest BCUT2D eigenvalue weighted by Crippen LogP contribution is 2.29. The first kappa shape index (κ1) is 14.7. The topological polar surface area (TPSA) is 29.3 Å². The molecule has 1 aromatic rings. The van der Waals surface area contributed by atoms with Crippen LogP contribution in [0.15, 0.2) is 6.07 Å². The Morgan fingerprint density at radius 3 is 2.41 bits per heavy atom. The molecule has 17 heavy (non-hydrogen) atoms. The van der Waals surface area contributed by atoms with Crippen LogP contribution in [0.1, 0.15) is 41.6 Å². The second kappa shape index (κ2) is 6.53. The molecular formula is C14H26N2S. The van der Waals surface area contributed by atoms with Crippen molar-refractivity contribution in [1.82, 2.24) is 4.90 Å². The van der Waals surface area contributed by atoms with Crippen molar-refractivity contribution in [3.05, 3.63) is 21.4 Å². The Kier molecular flexibility index (Phi) is 5.63. The average Bonchev–Trinajstić information content (AvgIpc) is 2.56. The smallest absolute Gasteiger partial charge is 0.0478 e. The van der Waals surface area contributed by atoms with E-state index in [-0.39, 0.29) is 0 Å². The highest BCUT2D eigenvalue weighted by Gasteiger charge is 2.18. The fourth-order valence-corrected chi connectivity index (χ4v) is 3.12. The summed E-state index contributed by atoms with van der Waals surface area (Å²) in [4.78, 5) is 5.19. The summed E-state index contributed by atoms with van der Waals surface area (Å²) >= 11 is 1.87. The molecule has 1 rings (SSSR count). The molecule has 0 radical (unpaired) electrons. The quantitative estimate of drug-likeness (QED) is 0.843. The highest BCUT2D eigenvalue weighted by atomic mass is 32.1. The van der Waals surface area contributed by atoms with E-state index in [9.17, 15) is 0 Å². The lowest BCUT2D eigenvalue weighted by Crippen LogP contribution is -2.32. The van der Waals surface area contributed by atoms with Crippen molar-refractivity contribution in [1.29, 1.82) is 0 Å². The van der Waals surface area contributed by atoms with Crippen LogP contribution in [-0.4, -0.2) is 25.0 Å². The summed E-state index contributed by atoms with van der Waals surface area (Å²) in [6.07, 6.45) is 1.23. The summed E-state index contributed by atoms with van der Waals surface area (Å²) in [7, 11) is 2.19. The monoisotopic (exact) mass is 254 g/mol. The van der Waals surface area contributed by atoms with Gasteiger partial charge in [-0.1, -0.05) is 13.8 Å². The van der Waals surface area contributed by atoms with E-state index in [0.29, 0.717) is 12.6 Å². The molecule has 0 aliphatic rings. The van der Waals surface area contributed by atoms with Crippen molar-refractivity contribution in [3.8, 4) is 0 Å². The van der Waals surface area contributed by atoms with Crippen LogP contribution >= 0.6 is 11.3 Å². The van der Waals surface area contributed by atoms with E-state index in [0.717, 1.165) is 12.5 Å². The SMILES string of the molecule is Cc1cc(C(CN)N(C)CCC(C)C)c(C)s1. The molecule has 2 N–H and O–H groups in total. The van der Waals surface area contributed by atoms with Crippen molar-refractivity contribution in [2.75, 3.05) is 20.1 Å². The largest absolute Gasteiger partial charge is 0.329 e. The van der Waals surface area contributed by atoms with Crippen molar-refractivity contribution in [2.24, 2.45) is 11.7 Å². The van der Waals surface area contributed by atoms with Gasteiger partial charge in [0.15, 0.2) is 0 Å². The molecule has 0 amide bonds. The van der Waals surface area contributed by atoms with Gasteiger partial charge in [0.25, 0.3) is 0 Å². The Bertz CT molecular complexity index is 344. The Morgan fingerprint density at radius 1 is 1.35 bits per heavy atom. The number of rotatable bonds is 6. The molecule has 1 heterocycles. The summed E-state index contributed by atoms with van der Waals surface area (Å²) in [6, 6.07) is 2.67. The molecule has 0 saturated heterocycles. The molecule has 0 saturated carbocycles. The molecule has 0 aromatic carbocycles. The molecular weight excluding hydrogens is 228 g/mol. The summed E-state index contributed by atoms with van der Waals surface area (Å²) < 4.78 is 0. The molecule has 0 bridgehead atoms. The molecule has 0 fully saturated rings. The van der Waals surface area contributed by atoms with Crippen LogP contribution in [0.2, 0.25) is 0 Å². The molecule has 1 aromatic heterocycles.